The second-order valence-corrected chi connectivity index (χ2v) is 7.21. The molecule has 3 N–H and O–H groups in total. The number of nitrogens with one attached hydrogen (secondary N) is 1. The van der Waals surface area contributed by atoms with E-state index in [1.165, 1.54) is 11.1 Å². The van der Waals surface area contributed by atoms with Gasteiger partial charge in [0.15, 0.2) is 5.96 Å². The summed E-state index contributed by atoms with van der Waals surface area (Å²) in [6.45, 7) is 3.73. The summed E-state index contributed by atoms with van der Waals surface area (Å²) < 4.78 is 0. The van der Waals surface area contributed by atoms with Crippen molar-refractivity contribution in [2.75, 3.05) is 25.0 Å². The van der Waals surface area contributed by atoms with Gasteiger partial charge in [-0.1, -0.05) is 48.0 Å². The number of amides is 1. The molecule has 0 bridgehead atoms. The van der Waals surface area contributed by atoms with Crippen LogP contribution in [0.25, 0.3) is 0 Å². The summed E-state index contributed by atoms with van der Waals surface area (Å²) in [6, 6.07) is 18.5. The van der Waals surface area contributed by atoms with Gasteiger partial charge in [0.25, 0.3) is 0 Å². The van der Waals surface area contributed by atoms with Crippen molar-refractivity contribution in [2.24, 2.45) is 16.6 Å². The number of piperidine rings is 1. The Labute approximate surface area is 184 Å². The molecule has 150 valence electrons. The molecular weight excluding hydrogens is 463 g/mol. The molecule has 1 amide bonds. The number of likely N-dealkylation sites (tertiary alicyclic amines) is 1. The second kappa shape index (κ2) is 11.0. The lowest BCUT2D eigenvalue weighted by molar-refractivity contribution is -0.130. The summed E-state index contributed by atoms with van der Waals surface area (Å²) in [5.74, 6) is 0.959. The fourth-order valence-corrected chi connectivity index (χ4v) is 3.41. The van der Waals surface area contributed by atoms with Crippen LogP contribution in [0.15, 0.2) is 59.6 Å². The van der Waals surface area contributed by atoms with Crippen LogP contribution in [0.1, 0.15) is 24.0 Å². The lowest BCUT2D eigenvalue weighted by Gasteiger charge is -2.31. The monoisotopic (exact) mass is 492 g/mol. The Morgan fingerprint density at radius 1 is 1.11 bits per heavy atom. The fourth-order valence-electron chi connectivity index (χ4n) is 3.41. The smallest absolute Gasteiger partial charge is 0.244 e. The van der Waals surface area contributed by atoms with Crippen LogP contribution in [0.5, 0.6) is 0 Å². The minimum absolute atomic E-state index is 0. The molecule has 28 heavy (non-hydrogen) atoms. The highest BCUT2D eigenvalue weighted by Gasteiger charge is 2.22. The van der Waals surface area contributed by atoms with Gasteiger partial charge < -0.3 is 16.0 Å². The van der Waals surface area contributed by atoms with Crippen LogP contribution in [0.3, 0.4) is 0 Å². The molecule has 3 rings (SSSR count). The summed E-state index contributed by atoms with van der Waals surface area (Å²) in [5.41, 5.74) is 9.33. The second-order valence-electron chi connectivity index (χ2n) is 7.21. The molecule has 0 spiro atoms. The average Bonchev–Trinajstić information content (AvgIpc) is 2.69. The molecule has 1 saturated heterocycles. The molecule has 1 aliphatic heterocycles. The first kappa shape index (κ1) is 22.2. The van der Waals surface area contributed by atoms with E-state index in [2.05, 4.69) is 34.6 Å². The summed E-state index contributed by atoms with van der Waals surface area (Å²) >= 11 is 0. The Morgan fingerprint density at radius 3 is 2.39 bits per heavy atom. The fraction of sp³-hybridized carbons (Fsp3) is 0.364. The number of nitrogens with zero attached hydrogens (tertiary/aromatic N) is 2. The van der Waals surface area contributed by atoms with Gasteiger partial charge >= 0.3 is 0 Å². The average molecular weight is 492 g/mol. The molecule has 0 aromatic heterocycles. The van der Waals surface area contributed by atoms with Crippen molar-refractivity contribution in [2.45, 2.75) is 26.2 Å². The van der Waals surface area contributed by atoms with E-state index in [0.29, 0.717) is 5.92 Å². The van der Waals surface area contributed by atoms with Crippen molar-refractivity contribution < 1.29 is 4.79 Å². The van der Waals surface area contributed by atoms with Crippen LogP contribution in [0.2, 0.25) is 0 Å². The summed E-state index contributed by atoms with van der Waals surface area (Å²) in [6.07, 6.45) is 3.18. The molecule has 0 aliphatic carbocycles. The number of guanidine groups is 1. The number of rotatable bonds is 5. The maximum atomic E-state index is 12.4. The number of halogens is 1. The maximum absolute atomic E-state index is 12.4. The first-order valence-corrected chi connectivity index (χ1v) is 9.55. The van der Waals surface area contributed by atoms with E-state index >= 15 is 0 Å². The number of aryl methyl sites for hydroxylation is 1. The molecule has 1 fully saturated rings. The Bertz CT molecular complexity index is 769. The Morgan fingerprint density at radius 2 is 1.75 bits per heavy atom. The normalized spacial score (nSPS) is 15.0. The van der Waals surface area contributed by atoms with Gasteiger partial charge in [-0.05, 0) is 49.8 Å². The van der Waals surface area contributed by atoms with E-state index < -0.39 is 0 Å². The Balaban J connectivity index is 0.00000280. The Hall–Kier alpha value is -2.09. The zero-order valence-electron chi connectivity index (χ0n) is 16.3. The topological polar surface area (TPSA) is 70.7 Å². The minimum atomic E-state index is 0. The van der Waals surface area contributed by atoms with Gasteiger partial charge in [0, 0.05) is 18.8 Å². The van der Waals surface area contributed by atoms with E-state index in [9.17, 15) is 4.79 Å². The number of benzene rings is 2. The molecule has 1 heterocycles. The van der Waals surface area contributed by atoms with Crippen molar-refractivity contribution in [1.82, 2.24) is 4.90 Å². The number of hydrogen-bond donors (Lipinski definition) is 2. The van der Waals surface area contributed by atoms with E-state index in [4.69, 9.17) is 5.73 Å². The Kier molecular flexibility index (Phi) is 8.76. The lowest BCUT2D eigenvalue weighted by Crippen LogP contribution is -2.40. The van der Waals surface area contributed by atoms with Gasteiger partial charge in [0.05, 0.1) is 0 Å². The van der Waals surface area contributed by atoms with Crippen LogP contribution in [-0.4, -0.2) is 36.4 Å². The molecule has 2 aromatic rings. The summed E-state index contributed by atoms with van der Waals surface area (Å²) in [5, 5.41) is 3.02. The van der Waals surface area contributed by atoms with Gasteiger partial charge in [0.1, 0.15) is 6.54 Å². The number of hydrogen-bond acceptors (Lipinski definition) is 2. The lowest BCUT2D eigenvalue weighted by atomic mass is 9.90. The number of carbonyl (C=O) groups excluding carboxylic acids is 1. The molecule has 1 aliphatic rings. The zero-order chi connectivity index (χ0) is 19.1. The van der Waals surface area contributed by atoms with Crippen LogP contribution in [-0.2, 0) is 11.2 Å². The van der Waals surface area contributed by atoms with Gasteiger partial charge in [-0.25, -0.2) is 4.99 Å². The molecule has 0 atom stereocenters. The SMILES string of the molecule is Cc1ccc(NC(N)=NCC(=O)N2CCC(Cc3ccccc3)CC2)cc1.I. The van der Waals surface area contributed by atoms with Crippen molar-refractivity contribution in [1.29, 1.82) is 0 Å². The number of carbonyl (C=O) groups is 1. The first-order chi connectivity index (χ1) is 13.1. The molecule has 2 aromatic carbocycles. The number of anilines is 1. The van der Waals surface area contributed by atoms with Crippen LogP contribution >= 0.6 is 24.0 Å². The van der Waals surface area contributed by atoms with Crippen LogP contribution < -0.4 is 11.1 Å². The summed E-state index contributed by atoms with van der Waals surface area (Å²) in [4.78, 5) is 18.5. The van der Waals surface area contributed by atoms with Gasteiger partial charge in [-0.3, -0.25) is 4.79 Å². The molecule has 6 heteroatoms. The van der Waals surface area contributed by atoms with Crippen molar-refractivity contribution >= 4 is 41.5 Å². The quantitative estimate of drug-likeness (QED) is 0.379. The van der Waals surface area contributed by atoms with Gasteiger partial charge in [-0.2, -0.15) is 0 Å². The molecule has 5 nitrogen and oxygen atoms in total. The predicted octanol–water partition coefficient (Wildman–Crippen LogP) is 3.82. The van der Waals surface area contributed by atoms with Gasteiger partial charge in [-0.15, -0.1) is 24.0 Å². The highest BCUT2D eigenvalue weighted by molar-refractivity contribution is 14.0. The number of nitrogens with two attached hydrogens (primary N) is 1. The third kappa shape index (κ3) is 6.82. The predicted molar refractivity (Wildman–Crippen MR) is 126 cm³/mol. The van der Waals surface area contributed by atoms with Crippen molar-refractivity contribution in [3.05, 3.63) is 65.7 Å². The van der Waals surface area contributed by atoms with E-state index in [0.717, 1.165) is 38.0 Å². The minimum Gasteiger partial charge on any atom is -0.370 e. The maximum Gasteiger partial charge on any atom is 0.244 e. The van der Waals surface area contributed by atoms with Gasteiger partial charge in [0.2, 0.25) is 5.91 Å². The van der Waals surface area contributed by atoms with Crippen LogP contribution in [0.4, 0.5) is 5.69 Å². The molecule has 0 radical (unpaired) electrons. The van der Waals surface area contributed by atoms with E-state index in [1.807, 2.05) is 42.2 Å². The highest BCUT2D eigenvalue weighted by Crippen LogP contribution is 2.21. The number of aliphatic imine (C=N–C) groups is 1. The highest BCUT2D eigenvalue weighted by atomic mass is 127. The zero-order valence-corrected chi connectivity index (χ0v) is 18.6. The molecule has 0 saturated carbocycles. The largest absolute Gasteiger partial charge is 0.370 e. The molecule has 0 unspecified atom stereocenters. The van der Waals surface area contributed by atoms with E-state index in [-0.39, 0.29) is 42.4 Å². The van der Waals surface area contributed by atoms with Crippen molar-refractivity contribution in [3.63, 3.8) is 0 Å². The third-order valence-electron chi connectivity index (χ3n) is 5.04. The van der Waals surface area contributed by atoms with E-state index in [1.54, 1.807) is 0 Å². The first-order valence-electron chi connectivity index (χ1n) is 9.55. The molecular formula is C22H29IN4O. The van der Waals surface area contributed by atoms with Crippen LogP contribution in [0, 0.1) is 12.8 Å². The third-order valence-corrected chi connectivity index (χ3v) is 5.04. The standard InChI is InChI=1S/C22H28N4O.HI/c1-17-7-9-20(10-8-17)25-22(23)24-16-21(27)26-13-11-19(12-14-26)15-18-5-3-2-4-6-18;/h2-10,19H,11-16H2,1H3,(H3,23,24,25);1H. The summed E-state index contributed by atoms with van der Waals surface area (Å²) in [7, 11) is 0. The van der Waals surface area contributed by atoms with Crippen molar-refractivity contribution in [3.8, 4) is 0 Å².